The second kappa shape index (κ2) is 30.5. The fraction of sp³-hybridized carbons (Fsp3) is 0.667. The summed E-state index contributed by atoms with van der Waals surface area (Å²) in [4.78, 5) is 28.8. The van der Waals surface area contributed by atoms with Crippen LogP contribution in [0.15, 0.2) is 0 Å². The zero-order valence-corrected chi connectivity index (χ0v) is 12.0. The lowest BCUT2D eigenvalue weighted by Crippen LogP contribution is -2.11. The predicted molar refractivity (Wildman–Crippen MR) is 71.1 cm³/mol. The first-order valence-electron chi connectivity index (χ1n) is 5.08. The van der Waals surface area contributed by atoms with Gasteiger partial charge < -0.3 is 31.4 Å². The highest BCUT2D eigenvalue weighted by molar-refractivity contribution is 5.64. The zero-order chi connectivity index (χ0) is 15.0. The van der Waals surface area contributed by atoms with E-state index in [-0.39, 0.29) is 14.1 Å². The molecule has 0 aromatic rings. The van der Waals surface area contributed by atoms with E-state index in [0.717, 1.165) is 0 Å². The lowest BCUT2D eigenvalue weighted by atomic mass is 10.9. The van der Waals surface area contributed by atoms with Crippen molar-refractivity contribution in [1.29, 1.82) is 0 Å². The van der Waals surface area contributed by atoms with Gasteiger partial charge in [-0.1, -0.05) is 0 Å². The van der Waals surface area contributed by atoms with Crippen LogP contribution in [0.4, 0.5) is 28.5 Å². The van der Waals surface area contributed by atoms with Gasteiger partial charge in [0.05, 0.1) is 19.8 Å². The van der Waals surface area contributed by atoms with Crippen LogP contribution < -0.4 is 17.2 Å². The van der Waals surface area contributed by atoms with Gasteiger partial charge in [0, 0.05) is 0 Å². The smallest absolute Gasteiger partial charge is 0.404 e. The van der Waals surface area contributed by atoms with Gasteiger partial charge in [-0.15, -0.1) is 0 Å². The average molecular weight is 327 g/mol. The normalized spacial score (nSPS) is 6.43. The fourth-order valence-corrected chi connectivity index (χ4v) is 0.427. The number of amides is 3. The SMILES string of the molecule is CCOC(N)=O.CCOC(N)=O.CCOC(N)=O.F.F.F. The summed E-state index contributed by atoms with van der Waals surface area (Å²) in [7, 11) is 0. The van der Waals surface area contributed by atoms with Gasteiger partial charge in [-0.2, -0.15) is 0 Å². The Morgan fingerprint density at radius 1 is 0.619 bits per heavy atom. The number of carbonyl (C=O) groups excluding carboxylic acids is 3. The molecule has 12 heteroatoms. The molecule has 132 valence electrons. The third-order valence-electron chi connectivity index (χ3n) is 0.860. The molecular formula is C9H24F3N3O6. The molecule has 0 aromatic carbocycles. The highest BCUT2D eigenvalue weighted by Crippen LogP contribution is 1.67. The van der Waals surface area contributed by atoms with E-state index in [1.54, 1.807) is 20.8 Å². The molecule has 0 radical (unpaired) electrons. The van der Waals surface area contributed by atoms with Crippen molar-refractivity contribution in [2.24, 2.45) is 17.2 Å². The van der Waals surface area contributed by atoms with Crippen molar-refractivity contribution < 1.29 is 42.7 Å². The van der Waals surface area contributed by atoms with Gasteiger partial charge >= 0.3 is 18.3 Å². The Labute approximate surface area is 120 Å². The molecule has 0 unspecified atom stereocenters. The van der Waals surface area contributed by atoms with E-state index < -0.39 is 18.3 Å². The zero-order valence-electron chi connectivity index (χ0n) is 12.0. The first-order chi connectivity index (χ1) is 8.31. The topological polar surface area (TPSA) is 157 Å². The first-order valence-corrected chi connectivity index (χ1v) is 5.08. The summed E-state index contributed by atoms with van der Waals surface area (Å²) >= 11 is 0. The van der Waals surface area contributed by atoms with E-state index in [1.807, 2.05) is 0 Å². The maximum atomic E-state index is 9.60. The van der Waals surface area contributed by atoms with E-state index in [1.165, 1.54) is 0 Å². The maximum Gasteiger partial charge on any atom is 0.404 e. The summed E-state index contributed by atoms with van der Waals surface area (Å²) in [6.07, 6.45) is -2.13. The summed E-state index contributed by atoms with van der Waals surface area (Å²) in [6, 6.07) is 0. The summed E-state index contributed by atoms with van der Waals surface area (Å²) in [5.41, 5.74) is 13.6. The quantitative estimate of drug-likeness (QED) is 0.649. The molecule has 6 N–H and O–H groups in total. The third kappa shape index (κ3) is 98.3. The van der Waals surface area contributed by atoms with Crippen molar-refractivity contribution in [3.8, 4) is 0 Å². The van der Waals surface area contributed by atoms with Gasteiger partial charge in [-0.25, -0.2) is 14.4 Å². The Kier molecular flexibility index (Phi) is 52.8. The van der Waals surface area contributed by atoms with Crippen molar-refractivity contribution in [3.63, 3.8) is 0 Å². The molecule has 0 rings (SSSR count). The average Bonchev–Trinajstić information content (AvgIpc) is 2.18. The van der Waals surface area contributed by atoms with Gasteiger partial charge in [-0.05, 0) is 20.8 Å². The molecule has 0 aromatic heterocycles. The van der Waals surface area contributed by atoms with Crippen LogP contribution in [-0.2, 0) is 14.2 Å². The van der Waals surface area contributed by atoms with Gasteiger partial charge in [0.1, 0.15) is 0 Å². The minimum absolute atomic E-state index is 0. The van der Waals surface area contributed by atoms with Gasteiger partial charge in [0.15, 0.2) is 0 Å². The Morgan fingerprint density at radius 3 is 0.762 bits per heavy atom. The van der Waals surface area contributed by atoms with Crippen molar-refractivity contribution in [1.82, 2.24) is 0 Å². The molecule has 0 aliphatic carbocycles. The van der Waals surface area contributed by atoms with Gasteiger partial charge in [0.2, 0.25) is 0 Å². The Bertz CT molecular complexity index is 209. The summed E-state index contributed by atoms with van der Waals surface area (Å²) in [6.45, 7) is 6.17. The van der Waals surface area contributed by atoms with Crippen LogP contribution in [0.1, 0.15) is 20.8 Å². The molecule has 3 amide bonds. The highest BCUT2D eigenvalue weighted by atomic mass is 19.0. The third-order valence-corrected chi connectivity index (χ3v) is 0.860. The molecule has 0 aliphatic rings. The monoisotopic (exact) mass is 327 g/mol. The largest absolute Gasteiger partial charge is 0.450 e. The molecular weight excluding hydrogens is 303 g/mol. The number of primary amides is 3. The number of carbonyl (C=O) groups is 3. The van der Waals surface area contributed by atoms with Gasteiger partial charge in [-0.3, -0.25) is 14.1 Å². The van der Waals surface area contributed by atoms with Crippen LogP contribution >= 0.6 is 0 Å². The van der Waals surface area contributed by atoms with Crippen LogP contribution in [0.5, 0.6) is 0 Å². The number of rotatable bonds is 3. The van der Waals surface area contributed by atoms with E-state index in [4.69, 9.17) is 0 Å². The molecule has 0 fully saturated rings. The Hall–Kier alpha value is -2.40. The van der Waals surface area contributed by atoms with Crippen LogP contribution in [0.3, 0.4) is 0 Å². The van der Waals surface area contributed by atoms with E-state index >= 15 is 0 Å². The highest BCUT2D eigenvalue weighted by Gasteiger charge is 1.83. The van der Waals surface area contributed by atoms with Gasteiger partial charge in [0.25, 0.3) is 0 Å². The lowest BCUT2D eigenvalue weighted by molar-refractivity contribution is 0.162. The summed E-state index contributed by atoms with van der Waals surface area (Å²) in [5, 5.41) is 0. The molecule has 0 saturated heterocycles. The van der Waals surface area contributed by atoms with E-state index in [2.05, 4.69) is 31.4 Å². The number of nitrogens with two attached hydrogens (primary N) is 3. The lowest BCUT2D eigenvalue weighted by Gasteiger charge is -1.89. The minimum Gasteiger partial charge on any atom is -0.450 e. The van der Waals surface area contributed by atoms with E-state index in [0.29, 0.717) is 19.8 Å². The molecule has 0 aliphatic heterocycles. The van der Waals surface area contributed by atoms with Crippen LogP contribution in [0, 0.1) is 0 Å². The number of hydrogen-bond acceptors (Lipinski definition) is 6. The Balaban J connectivity index is -0.0000000375. The van der Waals surface area contributed by atoms with Crippen LogP contribution in [-0.4, -0.2) is 38.1 Å². The number of halogens is 3. The first kappa shape index (κ1) is 36.3. The molecule has 0 saturated carbocycles. The molecule has 0 spiro atoms. The summed E-state index contributed by atoms with van der Waals surface area (Å²) in [5.74, 6) is 0. The molecule has 21 heavy (non-hydrogen) atoms. The Morgan fingerprint density at radius 2 is 0.762 bits per heavy atom. The number of hydrogen-bond donors (Lipinski definition) is 3. The second-order valence-corrected chi connectivity index (χ2v) is 2.26. The second-order valence-electron chi connectivity index (χ2n) is 2.26. The standard InChI is InChI=1S/3C3H7NO2.3FH/c3*1-2-6-3(4)5;;;/h3*2H2,1H3,(H2,4,5);3*1H. The predicted octanol–water partition coefficient (Wildman–Crippen LogP) is 0.762. The van der Waals surface area contributed by atoms with Crippen molar-refractivity contribution in [2.75, 3.05) is 19.8 Å². The molecule has 0 atom stereocenters. The minimum atomic E-state index is -0.711. The van der Waals surface area contributed by atoms with Crippen molar-refractivity contribution >= 4 is 18.3 Å². The van der Waals surface area contributed by atoms with Crippen LogP contribution in [0.25, 0.3) is 0 Å². The number of ether oxygens (including phenoxy) is 3. The molecule has 9 nitrogen and oxygen atoms in total. The molecule has 0 bridgehead atoms. The van der Waals surface area contributed by atoms with E-state index in [9.17, 15) is 14.4 Å². The van der Waals surface area contributed by atoms with Crippen molar-refractivity contribution in [3.05, 3.63) is 0 Å². The van der Waals surface area contributed by atoms with Crippen molar-refractivity contribution in [2.45, 2.75) is 20.8 Å². The fourth-order valence-electron chi connectivity index (χ4n) is 0.427. The van der Waals surface area contributed by atoms with Crippen LogP contribution in [0.2, 0.25) is 0 Å². The molecule has 0 heterocycles. The maximum absolute atomic E-state index is 9.60. The summed E-state index contributed by atoms with van der Waals surface area (Å²) < 4.78 is 12.5.